The Labute approximate surface area is 154 Å². The van der Waals surface area contributed by atoms with Crippen molar-refractivity contribution in [1.29, 1.82) is 0 Å². The topological polar surface area (TPSA) is 55.4 Å². The summed E-state index contributed by atoms with van der Waals surface area (Å²) in [6.45, 7) is 1.50. The highest BCUT2D eigenvalue weighted by atomic mass is 35.5. The predicted molar refractivity (Wildman–Crippen MR) is 95.8 cm³/mol. The molecule has 0 aromatic heterocycles. The minimum Gasteiger partial charge on any atom is -0.452 e. The van der Waals surface area contributed by atoms with Gasteiger partial charge >= 0.3 is 5.97 Å². The largest absolute Gasteiger partial charge is 0.452 e. The number of hydrogen-bond acceptors (Lipinski definition) is 3. The number of rotatable bonds is 5. The van der Waals surface area contributed by atoms with Crippen LogP contribution < -0.4 is 5.32 Å². The Morgan fingerprint density at radius 1 is 1.04 bits per heavy atom. The van der Waals surface area contributed by atoms with Gasteiger partial charge in [-0.15, -0.1) is 0 Å². The van der Waals surface area contributed by atoms with Crippen molar-refractivity contribution in [3.05, 3.63) is 63.1 Å². The van der Waals surface area contributed by atoms with Gasteiger partial charge < -0.3 is 10.1 Å². The first-order valence-electron chi connectivity index (χ1n) is 7.05. The summed E-state index contributed by atoms with van der Waals surface area (Å²) in [5, 5.41) is 3.97. The van der Waals surface area contributed by atoms with Crippen molar-refractivity contribution < 1.29 is 14.3 Å². The standard InChI is InChI=1S/C17H14Cl3NO3/c1-10(17(23)21-13-5-3-12(18)4-6-13)24-16(22)9-11-2-7-14(19)15(20)8-11/h2-8,10H,9H2,1H3,(H,21,23)/t10-/m1/s1. The third-order valence-corrected chi connectivity index (χ3v) is 4.11. The highest BCUT2D eigenvalue weighted by Gasteiger charge is 2.18. The number of ether oxygens (including phenoxy) is 1. The molecule has 0 saturated carbocycles. The molecule has 0 bridgehead atoms. The molecule has 0 heterocycles. The lowest BCUT2D eigenvalue weighted by atomic mass is 10.1. The predicted octanol–water partition coefficient (Wildman–Crippen LogP) is 4.76. The van der Waals surface area contributed by atoms with Crippen LogP contribution in [0.5, 0.6) is 0 Å². The summed E-state index contributed by atoms with van der Waals surface area (Å²) in [5.41, 5.74) is 1.22. The summed E-state index contributed by atoms with van der Waals surface area (Å²) in [5.74, 6) is -0.966. The Morgan fingerprint density at radius 2 is 1.71 bits per heavy atom. The van der Waals surface area contributed by atoms with Gasteiger partial charge in [-0.1, -0.05) is 40.9 Å². The third-order valence-electron chi connectivity index (χ3n) is 3.12. The van der Waals surface area contributed by atoms with E-state index in [1.165, 1.54) is 6.92 Å². The van der Waals surface area contributed by atoms with E-state index in [0.29, 0.717) is 26.3 Å². The van der Waals surface area contributed by atoms with Crippen LogP contribution in [0.2, 0.25) is 15.1 Å². The van der Waals surface area contributed by atoms with Crippen molar-refractivity contribution in [2.45, 2.75) is 19.4 Å². The Kier molecular flexibility index (Phi) is 6.49. The first-order valence-corrected chi connectivity index (χ1v) is 8.18. The number of amides is 1. The molecule has 0 aliphatic heterocycles. The molecule has 2 rings (SSSR count). The highest BCUT2D eigenvalue weighted by molar-refractivity contribution is 6.42. The van der Waals surface area contributed by atoms with Crippen molar-refractivity contribution in [2.75, 3.05) is 5.32 Å². The van der Waals surface area contributed by atoms with E-state index in [1.807, 2.05) is 0 Å². The Hall–Kier alpha value is -1.75. The van der Waals surface area contributed by atoms with Gasteiger partial charge in [-0.2, -0.15) is 0 Å². The molecular formula is C17H14Cl3NO3. The van der Waals surface area contributed by atoms with E-state index >= 15 is 0 Å². The van der Waals surface area contributed by atoms with Crippen LogP contribution in [-0.2, 0) is 20.7 Å². The van der Waals surface area contributed by atoms with Crippen LogP contribution >= 0.6 is 34.8 Å². The third kappa shape index (κ3) is 5.41. The van der Waals surface area contributed by atoms with E-state index in [-0.39, 0.29) is 6.42 Å². The molecule has 0 aliphatic rings. The van der Waals surface area contributed by atoms with Crippen LogP contribution in [0.25, 0.3) is 0 Å². The fraction of sp³-hybridized carbons (Fsp3) is 0.176. The molecule has 0 saturated heterocycles. The summed E-state index contributed by atoms with van der Waals surface area (Å²) in [7, 11) is 0. The van der Waals surface area contributed by atoms with Crippen LogP contribution in [0.4, 0.5) is 5.69 Å². The number of halogens is 3. The first kappa shape index (κ1) is 18.6. The molecule has 2 aromatic rings. The summed E-state index contributed by atoms with van der Waals surface area (Å²) in [4.78, 5) is 23.9. The Bertz CT molecular complexity index is 747. The van der Waals surface area contributed by atoms with Gasteiger partial charge in [0.05, 0.1) is 16.5 Å². The molecule has 0 radical (unpaired) electrons. The van der Waals surface area contributed by atoms with Crippen molar-refractivity contribution in [3.8, 4) is 0 Å². The number of carbonyl (C=O) groups excluding carboxylic acids is 2. The maximum atomic E-state index is 12.0. The monoisotopic (exact) mass is 385 g/mol. The average molecular weight is 387 g/mol. The molecule has 0 aliphatic carbocycles. The molecule has 7 heteroatoms. The number of hydrogen-bond donors (Lipinski definition) is 1. The zero-order chi connectivity index (χ0) is 17.7. The number of benzene rings is 2. The van der Waals surface area contributed by atoms with Gasteiger partial charge in [0.1, 0.15) is 0 Å². The number of anilines is 1. The zero-order valence-corrected chi connectivity index (χ0v) is 15.0. The van der Waals surface area contributed by atoms with E-state index in [0.717, 1.165) is 0 Å². The van der Waals surface area contributed by atoms with Gasteiger partial charge in [0.25, 0.3) is 5.91 Å². The second-order valence-electron chi connectivity index (χ2n) is 5.05. The lowest BCUT2D eigenvalue weighted by molar-refractivity contribution is -0.152. The van der Waals surface area contributed by atoms with Crippen LogP contribution in [0.1, 0.15) is 12.5 Å². The molecule has 0 spiro atoms. The molecule has 4 nitrogen and oxygen atoms in total. The van der Waals surface area contributed by atoms with Crippen LogP contribution in [0, 0.1) is 0 Å². The smallest absolute Gasteiger partial charge is 0.311 e. The summed E-state index contributed by atoms with van der Waals surface area (Å²) >= 11 is 17.5. The molecule has 0 fully saturated rings. The summed E-state index contributed by atoms with van der Waals surface area (Å²) in [6, 6.07) is 11.5. The lowest BCUT2D eigenvalue weighted by Gasteiger charge is -2.13. The molecule has 1 amide bonds. The van der Waals surface area contributed by atoms with Crippen LogP contribution in [-0.4, -0.2) is 18.0 Å². The molecule has 24 heavy (non-hydrogen) atoms. The fourth-order valence-corrected chi connectivity index (χ4v) is 2.33. The van der Waals surface area contributed by atoms with Crippen molar-refractivity contribution in [1.82, 2.24) is 0 Å². The first-order chi connectivity index (χ1) is 11.3. The van der Waals surface area contributed by atoms with Gasteiger partial charge in [0.2, 0.25) is 0 Å². The lowest BCUT2D eigenvalue weighted by Crippen LogP contribution is -2.30. The molecular weight excluding hydrogens is 373 g/mol. The molecule has 1 N–H and O–H groups in total. The summed E-state index contributed by atoms with van der Waals surface area (Å²) < 4.78 is 5.13. The van der Waals surface area contributed by atoms with E-state index in [9.17, 15) is 9.59 Å². The minimum absolute atomic E-state index is 0.00451. The number of carbonyl (C=O) groups is 2. The van der Waals surface area contributed by atoms with Crippen LogP contribution in [0.15, 0.2) is 42.5 Å². The van der Waals surface area contributed by atoms with Crippen molar-refractivity contribution in [3.63, 3.8) is 0 Å². The SMILES string of the molecule is C[C@@H](OC(=O)Cc1ccc(Cl)c(Cl)c1)C(=O)Nc1ccc(Cl)cc1. The van der Waals surface area contributed by atoms with E-state index in [1.54, 1.807) is 42.5 Å². The van der Waals surface area contributed by atoms with Crippen molar-refractivity contribution in [2.24, 2.45) is 0 Å². The van der Waals surface area contributed by atoms with E-state index < -0.39 is 18.0 Å². The van der Waals surface area contributed by atoms with Gasteiger partial charge in [-0.3, -0.25) is 9.59 Å². The average Bonchev–Trinajstić information content (AvgIpc) is 2.53. The molecule has 2 aromatic carbocycles. The van der Waals surface area contributed by atoms with Crippen LogP contribution in [0.3, 0.4) is 0 Å². The highest BCUT2D eigenvalue weighted by Crippen LogP contribution is 2.23. The van der Waals surface area contributed by atoms with Gasteiger partial charge in [-0.25, -0.2) is 0 Å². The minimum atomic E-state index is -0.934. The molecule has 126 valence electrons. The Morgan fingerprint density at radius 3 is 2.33 bits per heavy atom. The zero-order valence-electron chi connectivity index (χ0n) is 12.7. The normalized spacial score (nSPS) is 11.7. The fourth-order valence-electron chi connectivity index (χ4n) is 1.89. The maximum absolute atomic E-state index is 12.0. The second-order valence-corrected chi connectivity index (χ2v) is 6.30. The van der Waals surface area contributed by atoms with Gasteiger partial charge in [0, 0.05) is 10.7 Å². The van der Waals surface area contributed by atoms with E-state index in [2.05, 4.69) is 5.32 Å². The maximum Gasteiger partial charge on any atom is 0.311 e. The second kappa shape index (κ2) is 8.38. The molecule has 1 atom stereocenters. The Balaban J connectivity index is 1.89. The quantitative estimate of drug-likeness (QED) is 0.754. The number of nitrogens with one attached hydrogen (secondary N) is 1. The summed E-state index contributed by atoms with van der Waals surface area (Å²) in [6.07, 6.45) is -0.939. The molecule has 0 unspecified atom stereocenters. The van der Waals surface area contributed by atoms with Gasteiger partial charge in [0.15, 0.2) is 6.10 Å². The number of esters is 1. The van der Waals surface area contributed by atoms with Crippen molar-refractivity contribution >= 4 is 52.4 Å². The van der Waals surface area contributed by atoms with E-state index in [4.69, 9.17) is 39.5 Å². The van der Waals surface area contributed by atoms with Gasteiger partial charge in [-0.05, 0) is 48.9 Å².